The lowest BCUT2D eigenvalue weighted by atomic mass is 10.1. The van der Waals surface area contributed by atoms with Gasteiger partial charge in [0.25, 0.3) is 0 Å². The molecule has 2 rings (SSSR count). The Balaban J connectivity index is 1.99. The van der Waals surface area contributed by atoms with Crippen molar-refractivity contribution in [3.8, 4) is 11.8 Å². The van der Waals surface area contributed by atoms with E-state index in [9.17, 15) is 4.39 Å². The van der Waals surface area contributed by atoms with Gasteiger partial charge in [-0.05, 0) is 37.5 Å². The molecule has 1 aliphatic heterocycles. The minimum atomic E-state index is -0.622. The van der Waals surface area contributed by atoms with Gasteiger partial charge >= 0.3 is 0 Å². The first kappa shape index (κ1) is 12.1. The van der Waals surface area contributed by atoms with Crippen molar-refractivity contribution < 1.29 is 14.2 Å². The van der Waals surface area contributed by atoms with E-state index in [2.05, 4.69) is 11.8 Å². The van der Waals surface area contributed by atoms with E-state index in [0.29, 0.717) is 0 Å². The van der Waals surface area contributed by atoms with Gasteiger partial charge in [0, 0.05) is 0 Å². The van der Waals surface area contributed by atoms with Crippen LogP contribution in [0.3, 0.4) is 0 Å². The Bertz CT molecular complexity index is 428. The summed E-state index contributed by atoms with van der Waals surface area (Å²) in [6.07, 6.45) is 0.971. The van der Waals surface area contributed by atoms with Crippen LogP contribution in [0.1, 0.15) is 31.4 Å². The monoisotopic (exact) mass is 234 g/mol. The summed E-state index contributed by atoms with van der Waals surface area (Å²) in [4.78, 5) is 0. The summed E-state index contributed by atoms with van der Waals surface area (Å²) in [5.41, 5.74) is 0.979. The Morgan fingerprint density at radius 2 is 2.06 bits per heavy atom. The average molecular weight is 234 g/mol. The van der Waals surface area contributed by atoms with E-state index in [1.165, 1.54) is 12.1 Å². The highest BCUT2D eigenvalue weighted by atomic mass is 19.1. The van der Waals surface area contributed by atoms with E-state index in [-0.39, 0.29) is 18.0 Å². The zero-order valence-electron chi connectivity index (χ0n) is 9.69. The van der Waals surface area contributed by atoms with Crippen LogP contribution in [0.5, 0.6) is 0 Å². The molecule has 1 aliphatic rings. The standard InChI is InChI=1S/C14H15FO2/c1-10(16)2-7-13-8-9-14(17-13)11-3-5-12(15)6-4-11/h3-6,10,13-14,16H,8-9H2,1H3/t10-,13+,14-/m1/s1. The highest BCUT2D eigenvalue weighted by molar-refractivity contribution is 5.21. The minimum Gasteiger partial charge on any atom is -0.381 e. The molecule has 0 amide bonds. The normalized spacial score (nSPS) is 25.1. The van der Waals surface area contributed by atoms with E-state index < -0.39 is 6.10 Å². The molecule has 1 aromatic rings. The molecule has 3 heteroatoms. The largest absolute Gasteiger partial charge is 0.381 e. The molecular formula is C14H15FO2. The molecule has 2 nitrogen and oxygen atoms in total. The number of halogens is 1. The van der Waals surface area contributed by atoms with Gasteiger partial charge in [-0.2, -0.15) is 0 Å². The van der Waals surface area contributed by atoms with Gasteiger partial charge in [0.05, 0.1) is 6.10 Å². The summed E-state index contributed by atoms with van der Waals surface area (Å²) in [5.74, 6) is 5.35. The number of benzene rings is 1. The van der Waals surface area contributed by atoms with Gasteiger partial charge in [-0.25, -0.2) is 4.39 Å². The maximum Gasteiger partial charge on any atom is 0.123 e. The third-order valence-electron chi connectivity index (χ3n) is 2.71. The molecule has 0 spiro atoms. The summed E-state index contributed by atoms with van der Waals surface area (Å²) in [7, 11) is 0. The van der Waals surface area contributed by atoms with Gasteiger partial charge in [-0.1, -0.05) is 24.0 Å². The predicted octanol–water partition coefficient (Wildman–Crippen LogP) is 2.43. The molecule has 0 bridgehead atoms. The molecule has 0 radical (unpaired) electrons. The van der Waals surface area contributed by atoms with Crippen molar-refractivity contribution in [3.63, 3.8) is 0 Å². The Labute approximate surface area is 100 Å². The fourth-order valence-corrected chi connectivity index (χ4v) is 1.88. The van der Waals surface area contributed by atoms with E-state index in [4.69, 9.17) is 9.84 Å². The molecule has 1 fully saturated rings. The summed E-state index contributed by atoms with van der Waals surface area (Å²) >= 11 is 0. The second-order valence-corrected chi connectivity index (χ2v) is 4.21. The second-order valence-electron chi connectivity index (χ2n) is 4.21. The SMILES string of the molecule is C[C@@H](O)C#C[C@H]1CC[C@H](c2ccc(F)cc2)O1. The zero-order chi connectivity index (χ0) is 12.3. The van der Waals surface area contributed by atoms with Crippen LogP contribution in [-0.2, 0) is 4.74 Å². The Hall–Kier alpha value is -1.37. The Kier molecular flexibility index (Phi) is 3.78. The van der Waals surface area contributed by atoms with Crippen LogP contribution >= 0.6 is 0 Å². The highest BCUT2D eigenvalue weighted by Crippen LogP contribution is 2.32. The molecule has 90 valence electrons. The van der Waals surface area contributed by atoms with Gasteiger partial charge in [0.2, 0.25) is 0 Å². The molecule has 17 heavy (non-hydrogen) atoms. The summed E-state index contributed by atoms with van der Waals surface area (Å²) in [5, 5.41) is 9.06. The predicted molar refractivity (Wildman–Crippen MR) is 62.7 cm³/mol. The molecule has 1 saturated heterocycles. The molecule has 0 aromatic heterocycles. The Morgan fingerprint density at radius 3 is 2.71 bits per heavy atom. The maximum atomic E-state index is 12.8. The van der Waals surface area contributed by atoms with Crippen molar-refractivity contribution in [3.05, 3.63) is 35.6 Å². The molecule has 0 unspecified atom stereocenters. The lowest BCUT2D eigenvalue weighted by Gasteiger charge is -2.10. The molecular weight excluding hydrogens is 219 g/mol. The summed E-state index contributed by atoms with van der Waals surface area (Å²) in [6.45, 7) is 1.62. The van der Waals surface area contributed by atoms with E-state index in [0.717, 1.165) is 18.4 Å². The first-order chi connectivity index (χ1) is 8.15. The van der Waals surface area contributed by atoms with Crippen LogP contribution < -0.4 is 0 Å². The summed E-state index contributed by atoms with van der Waals surface area (Å²) < 4.78 is 18.5. The van der Waals surface area contributed by atoms with E-state index >= 15 is 0 Å². The number of aliphatic hydroxyl groups excluding tert-OH is 1. The van der Waals surface area contributed by atoms with Crippen LogP contribution in [0, 0.1) is 17.7 Å². The number of rotatable bonds is 1. The molecule has 0 aliphatic carbocycles. The topological polar surface area (TPSA) is 29.5 Å². The average Bonchev–Trinajstić information content (AvgIpc) is 2.76. The summed E-state index contributed by atoms with van der Waals surface area (Å²) in [6, 6.07) is 6.36. The van der Waals surface area contributed by atoms with Crippen molar-refractivity contribution in [2.24, 2.45) is 0 Å². The van der Waals surface area contributed by atoms with Gasteiger partial charge in [0.15, 0.2) is 0 Å². The third kappa shape index (κ3) is 3.29. The van der Waals surface area contributed by atoms with Crippen molar-refractivity contribution in [1.82, 2.24) is 0 Å². The Morgan fingerprint density at radius 1 is 1.35 bits per heavy atom. The fourth-order valence-electron chi connectivity index (χ4n) is 1.88. The van der Waals surface area contributed by atoms with Crippen LogP contribution in [-0.4, -0.2) is 17.3 Å². The number of hydrogen-bond donors (Lipinski definition) is 1. The maximum absolute atomic E-state index is 12.8. The first-order valence-corrected chi connectivity index (χ1v) is 5.75. The smallest absolute Gasteiger partial charge is 0.123 e. The van der Waals surface area contributed by atoms with Crippen LogP contribution in [0.2, 0.25) is 0 Å². The lowest BCUT2D eigenvalue weighted by Crippen LogP contribution is -2.05. The fraction of sp³-hybridized carbons (Fsp3) is 0.429. The molecule has 1 N–H and O–H groups in total. The van der Waals surface area contributed by atoms with Crippen molar-refractivity contribution in [2.45, 2.75) is 38.1 Å². The number of hydrogen-bond acceptors (Lipinski definition) is 2. The van der Waals surface area contributed by atoms with Crippen molar-refractivity contribution in [2.75, 3.05) is 0 Å². The minimum absolute atomic E-state index is 0.0103. The van der Waals surface area contributed by atoms with E-state index in [1.54, 1.807) is 19.1 Å². The molecule has 1 aromatic carbocycles. The van der Waals surface area contributed by atoms with E-state index in [1.807, 2.05) is 0 Å². The molecule has 1 heterocycles. The zero-order valence-corrected chi connectivity index (χ0v) is 9.69. The molecule has 0 saturated carbocycles. The van der Waals surface area contributed by atoms with Crippen LogP contribution in [0.15, 0.2) is 24.3 Å². The van der Waals surface area contributed by atoms with Crippen molar-refractivity contribution in [1.29, 1.82) is 0 Å². The van der Waals surface area contributed by atoms with Gasteiger partial charge in [0.1, 0.15) is 18.0 Å². The number of aliphatic hydroxyl groups is 1. The van der Waals surface area contributed by atoms with Crippen LogP contribution in [0.25, 0.3) is 0 Å². The second kappa shape index (κ2) is 5.31. The quantitative estimate of drug-likeness (QED) is 0.756. The molecule has 3 atom stereocenters. The van der Waals surface area contributed by atoms with Gasteiger partial charge in [-0.15, -0.1) is 0 Å². The first-order valence-electron chi connectivity index (χ1n) is 5.75. The van der Waals surface area contributed by atoms with Crippen LogP contribution in [0.4, 0.5) is 4.39 Å². The van der Waals surface area contributed by atoms with Crippen molar-refractivity contribution >= 4 is 0 Å². The number of ether oxygens (including phenoxy) is 1. The highest BCUT2D eigenvalue weighted by Gasteiger charge is 2.25. The third-order valence-corrected chi connectivity index (χ3v) is 2.71. The lowest BCUT2D eigenvalue weighted by molar-refractivity contribution is 0.0758. The van der Waals surface area contributed by atoms with Gasteiger partial charge in [-0.3, -0.25) is 0 Å². The van der Waals surface area contributed by atoms with Gasteiger partial charge < -0.3 is 9.84 Å².